The summed E-state index contributed by atoms with van der Waals surface area (Å²) in [7, 11) is 0. The standard InChI is InChI=1S/C12H18N2/c1-8-4-3-5-11-10(6-9(2)13)7-14-12(8)11/h3-5,9-10,14H,6-7,13H2,1-2H3. The van der Waals surface area contributed by atoms with Gasteiger partial charge < -0.3 is 11.1 Å². The van der Waals surface area contributed by atoms with Gasteiger partial charge in [-0.2, -0.15) is 0 Å². The molecular weight excluding hydrogens is 172 g/mol. The number of fused-ring (bicyclic) bond motifs is 1. The van der Waals surface area contributed by atoms with Gasteiger partial charge in [-0.05, 0) is 31.4 Å². The largest absolute Gasteiger partial charge is 0.384 e. The minimum absolute atomic E-state index is 0.285. The van der Waals surface area contributed by atoms with Gasteiger partial charge >= 0.3 is 0 Å². The molecule has 3 N–H and O–H groups in total. The average Bonchev–Trinajstić information content (AvgIpc) is 2.49. The Balaban J connectivity index is 2.26. The molecule has 1 aliphatic rings. The SMILES string of the molecule is Cc1cccc2c1NCC2CC(C)N. The maximum Gasteiger partial charge on any atom is 0.0406 e. The first kappa shape index (κ1) is 9.53. The van der Waals surface area contributed by atoms with Gasteiger partial charge in [0, 0.05) is 24.2 Å². The third kappa shape index (κ3) is 1.62. The van der Waals surface area contributed by atoms with Gasteiger partial charge in [-0.3, -0.25) is 0 Å². The number of aryl methyl sites for hydroxylation is 1. The van der Waals surface area contributed by atoms with Crippen LogP contribution in [-0.2, 0) is 0 Å². The first-order chi connectivity index (χ1) is 6.68. The monoisotopic (exact) mass is 190 g/mol. The fourth-order valence-corrected chi connectivity index (χ4v) is 2.27. The summed E-state index contributed by atoms with van der Waals surface area (Å²) in [6.07, 6.45) is 1.07. The number of nitrogens with one attached hydrogen (secondary N) is 1. The molecule has 2 nitrogen and oxygen atoms in total. The molecule has 1 heterocycles. The summed E-state index contributed by atoms with van der Waals surface area (Å²) in [5.74, 6) is 0.602. The van der Waals surface area contributed by atoms with Crippen molar-refractivity contribution in [2.24, 2.45) is 5.73 Å². The number of anilines is 1. The molecule has 14 heavy (non-hydrogen) atoms. The number of para-hydroxylation sites is 1. The van der Waals surface area contributed by atoms with Crippen LogP contribution < -0.4 is 11.1 Å². The molecule has 76 valence electrons. The highest BCUT2D eigenvalue weighted by Crippen LogP contribution is 2.35. The number of nitrogens with two attached hydrogens (primary N) is 1. The van der Waals surface area contributed by atoms with Crippen molar-refractivity contribution in [1.82, 2.24) is 0 Å². The molecule has 0 aliphatic carbocycles. The molecule has 0 saturated heterocycles. The predicted molar refractivity (Wildman–Crippen MR) is 60.7 cm³/mol. The van der Waals surface area contributed by atoms with E-state index in [2.05, 4.69) is 37.4 Å². The van der Waals surface area contributed by atoms with Crippen molar-refractivity contribution >= 4 is 5.69 Å². The molecule has 0 spiro atoms. The van der Waals surface area contributed by atoms with Crippen LogP contribution in [0.15, 0.2) is 18.2 Å². The van der Waals surface area contributed by atoms with Crippen LogP contribution in [0.25, 0.3) is 0 Å². The van der Waals surface area contributed by atoms with E-state index in [1.54, 1.807) is 0 Å². The average molecular weight is 190 g/mol. The first-order valence-corrected chi connectivity index (χ1v) is 5.27. The van der Waals surface area contributed by atoms with Gasteiger partial charge in [-0.1, -0.05) is 18.2 Å². The van der Waals surface area contributed by atoms with Gasteiger partial charge in [0.05, 0.1) is 0 Å². The lowest BCUT2D eigenvalue weighted by atomic mass is 9.94. The Morgan fingerprint density at radius 2 is 2.36 bits per heavy atom. The van der Waals surface area contributed by atoms with E-state index in [0.717, 1.165) is 13.0 Å². The van der Waals surface area contributed by atoms with Crippen molar-refractivity contribution in [1.29, 1.82) is 0 Å². The summed E-state index contributed by atoms with van der Waals surface area (Å²) in [5, 5.41) is 3.47. The second kappa shape index (κ2) is 3.62. The van der Waals surface area contributed by atoms with Gasteiger partial charge in [-0.25, -0.2) is 0 Å². The van der Waals surface area contributed by atoms with E-state index in [1.807, 2.05) is 0 Å². The Kier molecular flexibility index (Phi) is 2.46. The number of hydrogen-bond donors (Lipinski definition) is 2. The number of hydrogen-bond acceptors (Lipinski definition) is 2. The quantitative estimate of drug-likeness (QED) is 0.750. The molecule has 2 atom stereocenters. The van der Waals surface area contributed by atoms with Crippen LogP contribution in [0.3, 0.4) is 0 Å². The Labute approximate surface area is 85.5 Å². The van der Waals surface area contributed by atoms with Gasteiger partial charge in [0.15, 0.2) is 0 Å². The fourth-order valence-electron chi connectivity index (χ4n) is 2.27. The molecule has 0 aromatic heterocycles. The Bertz CT molecular complexity index is 331. The van der Waals surface area contributed by atoms with Crippen LogP contribution in [0.2, 0.25) is 0 Å². The second-order valence-electron chi connectivity index (χ2n) is 4.33. The van der Waals surface area contributed by atoms with E-state index in [1.165, 1.54) is 16.8 Å². The molecule has 0 bridgehead atoms. The number of rotatable bonds is 2. The highest BCUT2D eigenvalue weighted by molar-refractivity contribution is 5.62. The van der Waals surface area contributed by atoms with Crippen molar-refractivity contribution in [2.75, 3.05) is 11.9 Å². The molecule has 1 aromatic carbocycles. The second-order valence-corrected chi connectivity index (χ2v) is 4.33. The molecular formula is C12H18N2. The molecule has 0 fully saturated rings. The third-order valence-electron chi connectivity index (χ3n) is 2.93. The maximum atomic E-state index is 5.84. The normalized spacial score (nSPS) is 21.5. The fraction of sp³-hybridized carbons (Fsp3) is 0.500. The van der Waals surface area contributed by atoms with Crippen LogP contribution in [0.5, 0.6) is 0 Å². The van der Waals surface area contributed by atoms with Crippen LogP contribution in [0.4, 0.5) is 5.69 Å². The van der Waals surface area contributed by atoms with Crippen molar-refractivity contribution in [3.63, 3.8) is 0 Å². The lowest BCUT2D eigenvalue weighted by molar-refractivity contribution is 0.584. The Morgan fingerprint density at radius 3 is 3.07 bits per heavy atom. The van der Waals surface area contributed by atoms with Crippen LogP contribution >= 0.6 is 0 Å². The van der Waals surface area contributed by atoms with Crippen LogP contribution in [0, 0.1) is 6.92 Å². The summed E-state index contributed by atoms with van der Waals surface area (Å²) >= 11 is 0. The van der Waals surface area contributed by atoms with Crippen molar-refractivity contribution < 1.29 is 0 Å². The van der Waals surface area contributed by atoms with Gasteiger partial charge in [-0.15, -0.1) is 0 Å². The molecule has 2 unspecified atom stereocenters. The van der Waals surface area contributed by atoms with Crippen LogP contribution in [0.1, 0.15) is 30.4 Å². The zero-order chi connectivity index (χ0) is 10.1. The molecule has 0 saturated carbocycles. The molecule has 0 radical (unpaired) electrons. The highest BCUT2D eigenvalue weighted by atomic mass is 14.9. The summed E-state index contributed by atoms with van der Waals surface area (Å²) in [4.78, 5) is 0. The lowest BCUT2D eigenvalue weighted by Gasteiger charge is -2.12. The topological polar surface area (TPSA) is 38.0 Å². The predicted octanol–water partition coefficient (Wildman–Crippen LogP) is 2.24. The smallest absolute Gasteiger partial charge is 0.0406 e. The third-order valence-corrected chi connectivity index (χ3v) is 2.93. The molecule has 0 amide bonds. The molecule has 2 rings (SSSR count). The van der Waals surface area contributed by atoms with E-state index in [4.69, 9.17) is 5.73 Å². The zero-order valence-electron chi connectivity index (χ0n) is 8.88. The molecule has 2 heteroatoms. The van der Waals surface area contributed by atoms with Gasteiger partial charge in [0.2, 0.25) is 0 Å². The number of benzene rings is 1. The van der Waals surface area contributed by atoms with E-state index in [9.17, 15) is 0 Å². The van der Waals surface area contributed by atoms with Crippen LogP contribution in [-0.4, -0.2) is 12.6 Å². The van der Waals surface area contributed by atoms with E-state index >= 15 is 0 Å². The maximum absolute atomic E-state index is 5.84. The zero-order valence-corrected chi connectivity index (χ0v) is 8.88. The summed E-state index contributed by atoms with van der Waals surface area (Å²) in [5.41, 5.74) is 9.96. The van der Waals surface area contributed by atoms with Crippen molar-refractivity contribution in [3.8, 4) is 0 Å². The first-order valence-electron chi connectivity index (χ1n) is 5.27. The molecule has 1 aliphatic heterocycles. The van der Waals surface area contributed by atoms with Gasteiger partial charge in [0.1, 0.15) is 0 Å². The molecule has 1 aromatic rings. The van der Waals surface area contributed by atoms with Gasteiger partial charge in [0.25, 0.3) is 0 Å². The van der Waals surface area contributed by atoms with Crippen molar-refractivity contribution in [3.05, 3.63) is 29.3 Å². The minimum Gasteiger partial charge on any atom is -0.384 e. The Morgan fingerprint density at radius 1 is 1.57 bits per heavy atom. The summed E-state index contributed by atoms with van der Waals surface area (Å²) in [6, 6.07) is 6.79. The Hall–Kier alpha value is -1.02. The van der Waals surface area contributed by atoms with E-state index in [-0.39, 0.29) is 6.04 Å². The highest BCUT2D eigenvalue weighted by Gasteiger charge is 2.23. The summed E-state index contributed by atoms with van der Waals surface area (Å²) < 4.78 is 0. The minimum atomic E-state index is 0.285. The lowest BCUT2D eigenvalue weighted by Crippen LogP contribution is -2.19. The van der Waals surface area contributed by atoms with Crippen molar-refractivity contribution in [2.45, 2.75) is 32.2 Å². The summed E-state index contributed by atoms with van der Waals surface area (Å²) in [6.45, 7) is 5.27. The van der Waals surface area contributed by atoms with E-state index < -0.39 is 0 Å². The van der Waals surface area contributed by atoms with E-state index in [0.29, 0.717) is 5.92 Å².